The Kier molecular flexibility index (Phi) is 3.11. The fourth-order valence-corrected chi connectivity index (χ4v) is 2.22. The van der Waals surface area contributed by atoms with E-state index in [-0.39, 0.29) is 0 Å². The number of ether oxygens (including phenoxy) is 1. The van der Waals surface area contributed by atoms with Gasteiger partial charge in [0, 0.05) is 0 Å². The van der Waals surface area contributed by atoms with Crippen molar-refractivity contribution in [3.05, 3.63) is 34.9 Å². The summed E-state index contributed by atoms with van der Waals surface area (Å²) in [4.78, 5) is 0. The van der Waals surface area contributed by atoms with Crippen LogP contribution >= 0.6 is 0 Å². The van der Waals surface area contributed by atoms with Crippen LogP contribution in [0.4, 0.5) is 0 Å². The van der Waals surface area contributed by atoms with Crippen LogP contribution in [0.5, 0.6) is 0 Å². The van der Waals surface area contributed by atoms with Gasteiger partial charge in [0.1, 0.15) is 0 Å². The van der Waals surface area contributed by atoms with Crippen molar-refractivity contribution < 1.29 is 4.74 Å². The van der Waals surface area contributed by atoms with Crippen LogP contribution in [0.2, 0.25) is 0 Å². The Morgan fingerprint density at radius 3 is 2.60 bits per heavy atom. The maximum Gasteiger partial charge on any atom is 0.0845 e. The van der Waals surface area contributed by atoms with E-state index in [0.29, 0.717) is 12.2 Å². The molecular formula is C14H20O. The maximum absolute atomic E-state index is 5.55. The molecule has 1 aliphatic rings. The number of rotatable bonds is 4. The van der Waals surface area contributed by atoms with E-state index < -0.39 is 0 Å². The quantitative estimate of drug-likeness (QED) is 0.685. The third kappa shape index (κ3) is 2.60. The van der Waals surface area contributed by atoms with Crippen LogP contribution in [0.1, 0.15) is 36.5 Å². The van der Waals surface area contributed by atoms with E-state index in [0.717, 1.165) is 12.8 Å². The van der Waals surface area contributed by atoms with Gasteiger partial charge in [0.15, 0.2) is 0 Å². The van der Waals surface area contributed by atoms with Crippen LogP contribution in [0.3, 0.4) is 0 Å². The highest BCUT2D eigenvalue weighted by Gasteiger charge is 2.35. The first-order chi connectivity index (χ1) is 7.20. The Balaban J connectivity index is 1.88. The lowest BCUT2D eigenvalue weighted by Gasteiger charge is -2.05. The Bertz CT molecular complexity index is 343. The summed E-state index contributed by atoms with van der Waals surface area (Å²) >= 11 is 0. The minimum Gasteiger partial charge on any atom is -0.370 e. The molecule has 1 saturated heterocycles. The zero-order valence-corrected chi connectivity index (χ0v) is 9.92. The van der Waals surface area contributed by atoms with E-state index in [9.17, 15) is 0 Å². The Morgan fingerprint density at radius 1 is 1.20 bits per heavy atom. The van der Waals surface area contributed by atoms with E-state index >= 15 is 0 Å². The molecule has 0 aromatic heterocycles. The summed E-state index contributed by atoms with van der Waals surface area (Å²) in [6.45, 7) is 6.54. The molecule has 1 aromatic carbocycles. The second kappa shape index (κ2) is 4.36. The third-order valence-electron chi connectivity index (χ3n) is 3.29. The van der Waals surface area contributed by atoms with Crippen molar-refractivity contribution >= 4 is 0 Å². The van der Waals surface area contributed by atoms with Crippen molar-refractivity contribution in [3.63, 3.8) is 0 Å². The van der Waals surface area contributed by atoms with Gasteiger partial charge in [0.2, 0.25) is 0 Å². The minimum atomic E-state index is 0.538. The number of benzene rings is 1. The second-order valence-corrected chi connectivity index (χ2v) is 4.59. The van der Waals surface area contributed by atoms with Crippen molar-refractivity contribution in [2.45, 2.75) is 52.2 Å². The van der Waals surface area contributed by atoms with Gasteiger partial charge < -0.3 is 4.74 Å². The van der Waals surface area contributed by atoms with E-state index in [1.165, 1.54) is 23.1 Å². The molecule has 2 unspecified atom stereocenters. The maximum atomic E-state index is 5.55. The van der Waals surface area contributed by atoms with Crippen molar-refractivity contribution in [2.75, 3.05) is 0 Å². The first-order valence-electron chi connectivity index (χ1n) is 5.92. The predicted octanol–water partition coefficient (Wildman–Crippen LogP) is 3.41. The number of hydrogen-bond acceptors (Lipinski definition) is 1. The lowest BCUT2D eigenvalue weighted by Crippen LogP contribution is -1.97. The molecule has 1 heterocycles. The average molecular weight is 204 g/mol. The topological polar surface area (TPSA) is 12.5 Å². The van der Waals surface area contributed by atoms with Crippen LogP contribution in [0.15, 0.2) is 18.2 Å². The molecule has 0 bridgehead atoms. The Labute approximate surface area is 92.5 Å². The highest BCUT2D eigenvalue weighted by molar-refractivity contribution is 5.30. The summed E-state index contributed by atoms with van der Waals surface area (Å²) in [5, 5.41) is 0. The average Bonchev–Trinajstić information content (AvgIpc) is 2.95. The van der Waals surface area contributed by atoms with Gasteiger partial charge >= 0.3 is 0 Å². The van der Waals surface area contributed by atoms with Crippen molar-refractivity contribution in [1.29, 1.82) is 0 Å². The van der Waals surface area contributed by atoms with Crippen molar-refractivity contribution in [3.8, 4) is 0 Å². The van der Waals surface area contributed by atoms with E-state index in [2.05, 4.69) is 39.0 Å². The molecular weight excluding hydrogens is 184 g/mol. The molecule has 0 spiro atoms. The standard InChI is InChI=1S/C14H20O/c1-4-13-14(15-13)8-7-12-6-5-10(2)9-11(12)3/h5-6,9,13-14H,4,7-8H2,1-3H3. The summed E-state index contributed by atoms with van der Waals surface area (Å²) in [6, 6.07) is 6.72. The largest absolute Gasteiger partial charge is 0.370 e. The summed E-state index contributed by atoms with van der Waals surface area (Å²) in [7, 11) is 0. The van der Waals surface area contributed by atoms with Gasteiger partial charge in [-0.25, -0.2) is 0 Å². The van der Waals surface area contributed by atoms with Gasteiger partial charge in [-0.15, -0.1) is 0 Å². The molecule has 1 aliphatic heterocycles. The van der Waals surface area contributed by atoms with Gasteiger partial charge in [0.05, 0.1) is 12.2 Å². The second-order valence-electron chi connectivity index (χ2n) is 4.59. The van der Waals surface area contributed by atoms with Gasteiger partial charge in [-0.1, -0.05) is 30.7 Å². The highest BCUT2D eigenvalue weighted by Crippen LogP contribution is 2.29. The van der Waals surface area contributed by atoms with E-state index in [1.54, 1.807) is 0 Å². The zero-order chi connectivity index (χ0) is 10.8. The fourth-order valence-electron chi connectivity index (χ4n) is 2.22. The van der Waals surface area contributed by atoms with Gasteiger partial charge in [-0.3, -0.25) is 0 Å². The Hall–Kier alpha value is -0.820. The van der Waals surface area contributed by atoms with Gasteiger partial charge in [0.25, 0.3) is 0 Å². The first kappa shape index (κ1) is 10.7. The number of aryl methyl sites for hydroxylation is 3. The molecule has 15 heavy (non-hydrogen) atoms. The molecule has 1 fully saturated rings. The molecule has 1 heteroatoms. The lowest BCUT2D eigenvalue weighted by atomic mass is 10.00. The summed E-state index contributed by atoms with van der Waals surface area (Å²) in [5.41, 5.74) is 4.25. The molecule has 1 aromatic rings. The molecule has 0 radical (unpaired) electrons. The van der Waals surface area contributed by atoms with Crippen molar-refractivity contribution in [2.24, 2.45) is 0 Å². The molecule has 0 aliphatic carbocycles. The molecule has 2 rings (SSSR count). The van der Waals surface area contributed by atoms with E-state index in [4.69, 9.17) is 4.74 Å². The SMILES string of the molecule is CCC1OC1CCc1ccc(C)cc1C. The molecule has 0 N–H and O–H groups in total. The van der Waals surface area contributed by atoms with Crippen molar-refractivity contribution in [1.82, 2.24) is 0 Å². The number of hydrogen-bond donors (Lipinski definition) is 0. The van der Waals surface area contributed by atoms with Gasteiger partial charge in [-0.05, 0) is 44.2 Å². The first-order valence-corrected chi connectivity index (χ1v) is 5.92. The van der Waals surface area contributed by atoms with Crippen LogP contribution in [-0.2, 0) is 11.2 Å². The molecule has 0 saturated carbocycles. The fraction of sp³-hybridized carbons (Fsp3) is 0.571. The molecule has 1 nitrogen and oxygen atoms in total. The highest BCUT2D eigenvalue weighted by atomic mass is 16.6. The summed E-state index contributed by atoms with van der Waals surface area (Å²) in [6.07, 6.45) is 4.60. The third-order valence-corrected chi connectivity index (χ3v) is 3.29. The van der Waals surface area contributed by atoms with Crippen LogP contribution in [0.25, 0.3) is 0 Å². The zero-order valence-electron chi connectivity index (χ0n) is 9.92. The minimum absolute atomic E-state index is 0.538. The molecule has 2 atom stereocenters. The Morgan fingerprint density at radius 2 is 2.00 bits per heavy atom. The summed E-state index contributed by atoms with van der Waals surface area (Å²) < 4.78 is 5.55. The normalized spacial score (nSPS) is 24.2. The summed E-state index contributed by atoms with van der Waals surface area (Å²) in [5.74, 6) is 0. The molecule has 0 amide bonds. The van der Waals surface area contributed by atoms with Crippen LogP contribution in [0, 0.1) is 13.8 Å². The molecule has 82 valence electrons. The lowest BCUT2D eigenvalue weighted by molar-refractivity contribution is 0.359. The van der Waals surface area contributed by atoms with Crippen LogP contribution < -0.4 is 0 Å². The van der Waals surface area contributed by atoms with Crippen LogP contribution in [-0.4, -0.2) is 12.2 Å². The van der Waals surface area contributed by atoms with E-state index in [1.807, 2.05) is 0 Å². The monoisotopic (exact) mass is 204 g/mol. The smallest absolute Gasteiger partial charge is 0.0845 e. The number of epoxide rings is 1. The van der Waals surface area contributed by atoms with Gasteiger partial charge in [-0.2, -0.15) is 0 Å². The predicted molar refractivity (Wildman–Crippen MR) is 63.2 cm³/mol.